The summed E-state index contributed by atoms with van der Waals surface area (Å²) in [7, 11) is 3.16. The number of nitrogens with zero attached hydrogens (tertiary/aromatic N) is 1. The third kappa shape index (κ3) is 4.26. The van der Waals surface area contributed by atoms with E-state index in [1.54, 1.807) is 32.6 Å². The number of carbonyl (C=O) groups is 1. The van der Waals surface area contributed by atoms with Gasteiger partial charge in [-0.3, -0.25) is 4.79 Å². The van der Waals surface area contributed by atoms with Crippen LogP contribution in [0.15, 0.2) is 23.3 Å². The van der Waals surface area contributed by atoms with Gasteiger partial charge in [-0.25, -0.2) is 5.43 Å². The van der Waals surface area contributed by atoms with E-state index in [1.165, 1.54) is 0 Å². The molecule has 1 N–H and O–H groups in total. The van der Waals surface area contributed by atoms with Crippen LogP contribution < -0.4 is 14.9 Å². The predicted molar refractivity (Wildman–Crippen MR) is 79.3 cm³/mol. The summed E-state index contributed by atoms with van der Waals surface area (Å²) >= 11 is 0. The second-order valence-corrected chi connectivity index (χ2v) is 4.88. The first-order valence-electron chi connectivity index (χ1n) is 6.54. The maximum Gasteiger partial charge on any atom is 0.243 e. The van der Waals surface area contributed by atoms with E-state index in [9.17, 15) is 4.79 Å². The van der Waals surface area contributed by atoms with Crippen molar-refractivity contribution in [1.29, 1.82) is 0 Å². The van der Waals surface area contributed by atoms with Gasteiger partial charge < -0.3 is 9.47 Å². The van der Waals surface area contributed by atoms with E-state index in [1.807, 2.05) is 26.8 Å². The van der Waals surface area contributed by atoms with Crippen LogP contribution in [0.25, 0.3) is 0 Å². The molecule has 0 saturated carbocycles. The summed E-state index contributed by atoms with van der Waals surface area (Å²) in [6, 6.07) is 5.42. The fraction of sp³-hybridized carbons (Fsp3) is 0.467. The summed E-state index contributed by atoms with van der Waals surface area (Å²) in [4.78, 5) is 11.7. The van der Waals surface area contributed by atoms with Crippen LogP contribution in [-0.2, 0) is 4.79 Å². The van der Waals surface area contributed by atoms with Gasteiger partial charge in [0, 0.05) is 5.92 Å². The Morgan fingerprint density at radius 2 is 1.85 bits per heavy atom. The van der Waals surface area contributed by atoms with E-state index >= 15 is 0 Å². The van der Waals surface area contributed by atoms with Crippen molar-refractivity contribution in [2.24, 2.45) is 16.9 Å². The van der Waals surface area contributed by atoms with Gasteiger partial charge in [-0.15, -0.1) is 0 Å². The first-order valence-corrected chi connectivity index (χ1v) is 6.54. The normalized spacial score (nSPS) is 12.5. The van der Waals surface area contributed by atoms with Crippen LogP contribution in [-0.4, -0.2) is 26.3 Å². The molecule has 1 atom stereocenters. The van der Waals surface area contributed by atoms with Crippen molar-refractivity contribution in [2.45, 2.75) is 20.8 Å². The minimum absolute atomic E-state index is 0.0717. The molecule has 1 aromatic carbocycles. The minimum Gasteiger partial charge on any atom is -0.493 e. The van der Waals surface area contributed by atoms with Crippen LogP contribution in [0.4, 0.5) is 0 Å². The zero-order valence-electron chi connectivity index (χ0n) is 12.6. The van der Waals surface area contributed by atoms with E-state index in [4.69, 9.17) is 9.47 Å². The largest absolute Gasteiger partial charge is 0.493 e. The van der Waals surface area contributed by atoms with Crippen molar-refractivity contribution in [2.75, 3.05) is 14.2 Å². The highest BCUT2D eigenvalue weighted by atomic mass is 16.5. The number of nitrogens with one attached hydrogen (secondary N) is 1. The molecular formula is C15H22N2O3. The number of amides is 1. The molecule has 0 aromatic heterocycles. The van der Waals surface area contributed by atoms with Crippen molar-refractivity contribution in [3.63, 3.8) is 0 Å². The van der Waals surface area contributed by atoms with Crippen molar-refractivity contribution < 1.29 is 14.3 Å². The lowest BCUT2D eigenvalue weighted by atomic mass is 9.98. The fourth-order valence-electron chi connectivity index (χ4n) is 1.51. The van der Waals surface area contributed by atoms with Gasteiger partial charge in [0.25, 0.3) is 0 Å². The summed E-state index contributed by atoms with van der Waals surface area (Å²) in [6.07, 6.45) is 1.58. The standard InChI is InChI=1S/C15H22N2O3/c1-10(2)11(3)15(18)17-16-9-12-6-7-13(19-4)14(8-12)20-5/h6-11H,1-5H3,(H,17,18). The molecule has 20 heavy (non-hydrogen) atoms. The van der Waals surface area contributed by atoms with Crippen molar-refractivity contribution in [3.8, 4) is 11.5 Å². The SMILES string of the molecule is COc1ccc(C=NNC(=O)C(C)C(C)C)cc1OC. The molecule has 0 fully saturated rings. The molecule has 5 heteroatoms. The van der Waals surface area contributed by atoms with Crippen molar-refractivity contribution in [3.05, 3.63) is 23.8 Å². The molecule has 110 valence electrons. The molecule has 1 aromatic rings. The van der Waals surface area contributed by atoms with Crippen LogP contribution in [0.3, 0.4) is 0 Å². The highest BCUT2D eigenvalue weighted by molar-refractivity contribution is 5.84. The van der Waals surface area contributed by atoms with E-state index in [2.05, 4.69) is 10.5 Å². The second-order valence-electron chi connectivity index (χ2n) is 4.88. The Balaban J connectivity index is 2.69. The molecule has 0 heterocycles. The Kier molecular flexibility index (Phi) is 6.03. The smallest absolute Gasteiger partial charge is 0.243 e. The lowest BCUT2D eigenvalue weighted by Crippen LogP contribution is -2.28. The molecule has 1 rings (SSSR count). The number of hydrogen-bond donors (Lipinski definition) is 1. The molecule has 0 spiro atoms. The van der Waals surface area contributed by atoms with E-state index in [0.717, 1.165) is 5.56 Å². The third-order valence-electron chi connectivity index (χ3n) is 3.21. The number of carbonyl (C=O) groups excluding carboxylic acids is 1. The zero-order chi connectivity index (χ0) is 15.1. The molecule has 1 amide bonds. The molecule has 0 aliphatic heterocycles. The molecular weight excluding hydrogens is 256 g/mol. The van der Waals surface area contributed by atoms with Crippen LogP contribution in [0.1, 0.15) is 26.3 Å². The summed E-state index contributed by atoms with van der Waals surface area (Å²) in [6.45, 7) is 5.89. The maximum absolute atomic E-state index is 11.7. The van der Waals surface area contributed by atoms with Crippen LogP contribution in [0.5, 0.6) is 11.5 Å². The lowest BCUT2D eigenvalue weighted by Gasteiger charge is -2.12. The van der Waals surface area contributed by atoms with Gasteiger partial charge in [-0.1, -0.05) is 20.8 Å². The fourth-order valence-corrected chi connectivity index (χ4v) is 1.51. The highest BCUT2D eigenvalue weighted by Crippen LogP contribution is 2.26. The van der Waals surface area contributed by atoms with Crippen molar-refractivity contribution in [1.82, 2.24) is 5.43 Å². The zero-order valence-corrected chi connectivity index (χ0v) is 12.6. The van der Waals surface area contributed by atoms with E-state index in [-0.39, 0.29) is 17.7 Å². The van der Waals surface area contributed by atoms with Gasteiger partial charge in [0.1, 0.15) is 0 Å². The molecule has 1 unspecified atom stereocenters. The maximum atomic E-state index is 11.7. The molecule has 0 bridgehead atoms. The lowest BCUT2D eigenvalue weighted by molar-refractivity contribution is -0.125. The molecule has 0 aliphatic rings. The summed E-state index contributed by atoms with van der Waals surface area (Å²) in [5, 5.41) is 3.95. The van der Waals surface area contributed by atoms with E-state index in [0.29, 0.717) is 11.5 Å². The topological polar surface area (TPSA) is 59.9 Å². The summed E-state index contributed by atoms with van der Waals surface area (Å²) < 4.78 is 10.4. The number of hydrogen-bond acceptors (Lipinski definition) is 4. The van der Waals surface area contributed by atoms with Crippen LogP contribution in [0, 0.1) is 11.8 Å². The Hall–Kier alpha value is -2.04. The Morgan fingerprint density at radius 3 is 2.40 bits per heavy atom. The monoisotopic (exact) mass is 278 g/mol. The van der Waals surface area contributed by atoms with Crippen molar-refractivity contribution >= 4 is 12.1 Å². The quantitative estimate of drug-likeness (QED) is 0.642. The number of hydrazone groups is 1. The third-order valence-corrected chi connectivity index (χ3v) is 3.21. The van der Waals surface area contributed by atoms with Gasteiger partial charge in [-0.2, -0.15) is 5.10 Å². The highest BCUT2D eigenvalue weighted by Gasteiger charge is 2.15. The van der Waals surface area contributed by atoms with Gasteiger partial charge in [0.15, 0.2) is 11.5 Å². The summed E-state index contributed by atoms with van der Waals surface area (Å²) in [5.74, 6) is 1.40. The first kappa shape index (κ1) is 16.0. The van der Waals surface area contributed by atoms with Crippen LogP contribution >= 0.6 is 0 Å². The van der Waals surface area contributed by atoms with Gasteiger partial charge in [0.2, 0.25) is 5.91 Å². The summed E-state index contributed by atoms with van der Waals surface area (Å²) in [5.41, 5.74) is 3.36. The van der Waals surface area contributed by atoms with Crippen LogP contribution in [0.2, 0.25) is 0 Å². The number of ether oxygens (including phenoxy) is 2. The van der Waals surface area contributed by atoms with Gasteiger partial charge in [-0.05, 0) is 29.7 Å². The first-order chi connectivity index (χ1) is 9.49. The number of rotatable bonds is 6. The average Bonchev–Trinajstić information content (AvgIpc) is 2.45. The van der Waals surface area contributed by atoms with Gasteiger partial charge in [0.05, 0.1) is 20.4 Å². The average molecular weight is 278 g/mol. The predicted octanol–water partition coefficient (Wildman–Crippen LogP) is 2.45. The number of benzene rings is 1. The Bertz CT molecular complexity index is 484. The Morgan fingerprint density at radius 1 is 1.20 bits per heavy atom. The second kappa shape index (κ2) is 7.53. The number of methoxy groups -OCH3 is 2. The molecule has 0 radical (unpaired) electrons. The molecule has 0 aliphatic carbocycles. The van der Waals surface area contributed by atoms with Gasteiger partial charge >= 0.3 is 0 Å². The molecule has 0 saturated heterocycles. The molecule has 5 nitrogen and oxygen atoms in total. The minimum atomic E-state index is -0.0864. The van der Waals surface area contributed by atoms with E-state index < -0.39 is 0 Å². The Labute approximate surface area is 120 Å².